The fraction of sp³-hybridized carbons (Fsp3) is 0.143. The summed E-state index contributed by atoms with van der Waals surface area (Å²) >= 11 is 7.16. The minimum Gasteiger partial charge on any atom is -0.493 e. The van der Waals surface area contributed by atoms with Crippen molar-refractivity contribution in [2.24, 2.45) is 9.39 Å². The highest BCUT2D eigenvalue weighted by Crippen LogP contribution is 2.38. The van der Waals surface area contributed by atoms with E-state index in [4.69, 9.17) is 26.5 Å². The summed E-state index contributed by atoms with van der Waals surface area (Å²) < 4.78 is 39.1. The van der Waals surface area contributed by atoms with Crippen molar-refractivity contribution < 1.29 is 22.7 Å². The molecule has 0 spiro atoms. The third-order valence-corrected chi connectivity index (χ3v) is 6.65. The molecule has 0 saturated heterocycles. The van der Waals surface area contributed by atoms with E-state index in [0.717, 1.165) is 28.7 Å². The van der Waals surface area contributed by atoms with Gasteiger partial charge in [0.25, 0.3) is 5.91 Å². The highest BCUT2D eigenvalue weighted by molar-refractivity contribution is 8.16. The second kappa shape index (κ2) is 9.00. The van der Waals surface area contributed by atoms with Crippen LogP contribution in [0.1, 0.15) is 11.1 Å². The molecule has 1 amide bonds. The number of carbonyl (C=O) groups excluding carboxylic acids is 1. The molecule has 12 heteroatoms. The molecule has 1 N–H and O–H groups in total. The lowest BCUT2D eigenvalue weighted by molar-refractivity contribution is -0.114. The van der Waals surface area contributed by atoms with Crippen LogP contribution >= 0.6 is 23.5 Å². The molecule has 170 valence electrons. The molecular formula is C21H17ClN4O5S2. The lowest BCUT2D eigenvalue weighted by Gasteiger charge is -2.24. The second-order valence-electron chi connectivity index (χ2n) is 6.99. The van der Waals surface area contributed by atoms with Gasteiger partial charge in [0, 0.05) is 6.26 Å². The molecule has 0 atom stereocenters. The van der Waals surface area contributed by atoms with Crippen LogP contribution in [0.5, 0.6) is 11.5 Å². The van der Waals surface area contributed by atoms with Crippen LogP contribution in [0.4, 0.5) is 0 Å². The van der Waals surface area contributed by atoms with E-state index in [1.165, 1.54) is 13.2 Å². The molecule has 0 unspecified atom stereocenters. The number of amidine groups is 3. The highest BCUT2D eigenvalue weighted by Gasteiger charge is 2.41. The Labute approximate surface area is 199 Å². The third-order valence-electron chi connectivity index (χ3n) is 4.61. The summed E-state index contributed by atoms with van der Waals surface area (Å²) in [5.41, 5.74) is 1.28. The normalized spacial score (nSPS) is 17.1. The molecule has 2 aromatic rings. The number of fused-ring (bicyclic) bond motifs is 1. The number of aliphatic imine (C=N–C) groups is 1. The predicted octanol–water partition coefficient (Wildman–Crippen LogP) is 3.55. The maximum Gasteiger partial charge on any atom is 0.283 e. The van der Waals surface area contributed by atoms with Gasteiger partial charge < -0.3 is 9.47 Å². The average Bonchev–Trinajstić information content (AvgIpc) is 3.20. The molecular weight excluding hydrogens is 488 g/mol. The minimum atomic E-state index is -3.73. The zero-order valence-electron chi connectivity index (χ0n) is 17.4. The van der Waals surface area contributed by atoms with E-state index in [1.807, 2.05) is 30.3 Å². The molecule has 0 radical (unpaired) electrons. The van der Waals surface area contributed by atoms with Crippen LogP contribution < -0.4 is 9.47 Å². The van der Waals surface area contributed by atoms with Crippen molar-refractivity contribution in [3.63, 3.8) is 0 Å². The van der Waals surface area contributed by atoms with E-state index in [9.17, 15) is 13.2 Å². The van der Waals surface area contributed by atoms with E-state index >= 15 is 0 Å². The Bertz CT molecular complexity index is 1350. The monoisotopic (exact) mass is 504 g/mol. The van der Waals surface area contributed by atoms with E-state index in [0.29, 0.717) is 17.1 Å². The van der Waals surface area contributed by atoms with Gasteiger partial charge in [-0.25, -0.2) is 13.3 Å². The zero-order valence-corrected chi connectivity index (χ0v) is 19.8. The van der Waals surface area contributed by atoms with Gasteiger partial charge in [-0.1, -0.05) is 41.9 Å². The van der Waals surface area contributed by atoms with Gasteiger partial charge in [-0.15, -0.1) is 0 Å². The number of methoxy groups -OCH3 is 1. The first-order valence-electron chi connectivity index (χ1n) is 9.42. The average molecular weight is 505 g/mol. The summed E-state index contributed by atoms with van der Waals surface area (Å²) in [6, 6.07) is 12.7. The summed E-state index contributed by atoms with van der Waals surface area (Å²) in [7, 11) is -2.28. The Hall–Kier alpha value is -3.15. The van der Waals surface area contributed by atoms with Crippen LogP contribution in [0.15, 0.2) is 57.4 Å². The first-order valence-corrected chi connectivity index (χ1v) is 12.5. The van der Waals surface area contributed by atoms with Crippen LogP contribution in [0.25, 0.3) is 6.08 Å². The van der Waals surface area contributed by atoms with Crippen LogP contribution in [0.2, 0.25) is 5.02 Å². The number of carbonyl (C=O) groups is 1. The largest absolute Gasteiger partial charge is 0.493 e. The third kappa shape index (κ3) is 4.65. The summed E-state index contributed by atoms with van der Waals surface area (Å²) in [5, 5.41) is 8.33. The van der Waals surface area contributed by atoms with Gasteiger partial charge in [0.15, 0.2) is 11.5 Å². The van der Waals surface area contributed by atoms with Crippen molar-refractivity contribution in [3.8, 4) is 11.5 Å². The Morgan fingerprint density at radius 2 is 1.97 bits per heavy atom. The van der Waals surface area contributed by atoms with Gasteiger partial charge in [-0.05, 0) is 29.3 Å². The van der Waals surface area contributed by atoms with Gasteiger partial charge in [-0.2, -0.15) is 9.39 Å². The molecule has 0 aromatic heterocycles. The zero-order chi connectivity index (χ0) is 23.8. The first kappa shape index (κ1) is 23.0. The molecule has 2 heterocycles. The summed E-state index contributed by atoms with van der Waals surface area (Å²) in [5.74, 6) is -0.376. The van der Waals surface area contributed by atoms with Crippen molar-refractivity contribution >= 4 is 61.5 Å². The molecule has 0 bridgehead atoms. The Morgan fingerprint density at radius 3 is 2.64 bits per heavy atom. The number of benzene rings is 2. The molecule has 2 aromatic carbocycles. The lowest BCUT2D eigenvalue weighted by Crippen LogP contribution is -2.45. The Kier molecular flexibility index (Phi) is 6.28. The Morgan fingerprint density at radius 1 is 1.24 bits per heavy atom. The topological polar surface area (TPSA) is 121 Å². The van der Waals surface area contributed by atoms with Crippen molar-refractivity contribution in [2.45, 2.75) is 6.61 Å². The van der Waals surface area contributed by atoms with Crippen molar-refractivity contribution in [2.75, 3.05) is 13.4 Å². The van der Waals surface area contributed by atoms with E-state index in [1.54, 1.807) is 12.1 Å². The van der Waals surface area contributed by atoms with E-state index in [2.05, 4.69) is 9.39 Å². The van der Waals surface area contributed by atoms with Crippen molar-refractivity contribution in [1.82, 2.24) is 4.90 Å². The molecule has 0 saturated carbocycles. The molecule has 2 aliphatic rings. The van der Waals surface area contributed by atoms with Gasteiger partial charge in [0.1, 0.15) is 12.4 Å². The fourth-order valence-corrected chi connectivity index (χ4v) is 5.22. The number of hydrogen-bond acceptors (Lipinski definition) is 8. The van der Waals surface area contributed by atoms with Crippen molar-refractivity contribution in [1.29, 1.82) is 5.41 Å². The summed E-state index contributed by atoms with van der Waals surface area (Å²) in [6.45, 7) is 0.276. The maximum atomic E-state index is 12.5. The van der Waals surface area contributed by atoms with Crippen LogP contribution in [0, 0.1) is 5.41 Å². The molecule has 9 nitrogen and oxygen atoms in total. The molecule has 4 rings (SSSR count). The van der Waals surface area contributed by atoms with Crippen molar-refractivity contribution in [3.05, 3.63) is 64.2 Å². The number of nitrogens with zero attached hydrogens (tertiary/aromatic N) is 3. The molecule has 2 aliphatic heterocycles. The quantitative estimate of drug-likeness (QED) is 0.488. The van der Waals surface area contributed by atoms with Gasteiger partial charge in [0.2, 0.25) is 20.2 Å². The second-order valence-corrected chi connectivity index (χ2v) is 10.0. The van der Waals surface area contributed by atoms with E-state index in [-0.39, 0.29) is 33.4 Å². The number of amides is 1. The maximum absolute atomic E-state index is 12.5. The van der Waals surface area contributed by atoms with Crippen LogP contribution in [0.3, 0.4) is 0 Å². The number of sulfone groups is 1. The standard InChI is InChI=1S/C21H17ClN4O5S2/c1-30-16-10-13(9-15(22)17(16)31-11-12-6-4-3-5-7-12)8-14-18(23)26-20(24-19(14)27)32-25-21(26)33(2,28)29/h3-10,23H,11H2,1-2H3. The smallest absolute Gasteiger partial charge is 0.283 e. The number of ether oxygens (including phenoxy) is 2. The Balaban J connectivity index is 1.66. The minimum absolute atomic E-state index is 0.0165. The number of halogens is 1. The van der Waals surface area contributed by atoms with Crippen LogP contribution in [-0.4, -0.2) is 48.8 Å². The predicted molar refractivity (Wildman–Crippen MR) is 129 cm³/mol. The van der Waals surface area contributed by atoms with E-state index < -0.39 is 15.7 Å². The van der Waals surface area contributed by atoms with Gasteiger partial charge in [-0.3, -0.25) is 10.2 Å². The fourth-order valence-electron chi connectivity index (χ4n) is 3.10. The highest BCUT2D eigenvalue weighted by atomic mass is 35.5. The van der Waals surface area contributed by atoms with Gasteiger partial charge >= 0.3 is 0 Å². The number of nitrogens with one attached hydrogen (secondary N) is 1. The number of rotatable bonds is 5. The summed E-state index contributed by atoms with van der Waals surface area (Å²) in [4.78, 5) is 17.5. The lowest BCUT2D eigenvalue weighted by atomic mass is 10.1. The molecule has 33 heavy (non-hydrogen) atoms. The van der Waals surface area contributed by atoms with Crippen LogP contribution in [-0.2, 0) is 21.2 Å². The molecule has 0 fully saturated rings. The molecule has 0 aliphatic carbocycles. The SMILES string of the molecule is COc1cc(C=C2C(=N)N3C(=NC2=O)SN=C3S(C)(=O)=O)cc(Cl)c1OCc1ccccc1. The number of hydrogen-bond donors (Lipinski definition) is 1. The first-order chi connectivity index (χ1) is 15.7. The van der Waals surface area contributed by atoms with Gasteiger partial charge in [0.05, 0.1) is 29.7 Å². The summed E-state index contributed by atoms with van der Waals surface area (Å²) in [6.07, 6.45) is 2.37.